The fourth-order valence-electron chi connectivity index (χ4n) is 2.68. The minimum Gasteiger partial charge on any atom is -0.351 e. The SMILES string of the molecule is O=C1c2ccccc2SC[C@]12O[C@H]2c1ccccc1. The van der Waals surface area contributed by atoms with Crippen LogP contribution in [0.2, 0.25) is 0 Å². The number of ketones is 1. The van der Waals surface area contributed by atoms with Crippen LogP contribution in [0.5, 0.6) is 0 Å². The number of hydrogen-bond donors (Lipinski definition) is 0. The summed E-state index contributed by atoms with van der Waals surface area (Å²) in [5.41, 5.74) is 1.27. The van der Waals surface area contributed by atoms with Crippen molar-refractivity contribution in [2.45, 2.75) is 16.6 Å². The van der Waals surface area contributed by atoms with Crippen molar-refractivity contribution >= 4 is 17.5 Å². The average Bonchev–Trinajstić information content (AvgIpc) is 3.20. The van der Waals surface area contributed by atoms with Gasteiger partial charge in [0.1, 0.15) is 6.10 Å². The number of ether oxygens (including phenoxy) is 1. The quantitative estimate of drug-likeness (QED) is 0.742. The van der Waals surface area contributed by atoms with Gasteiger partial charge in [-0.05, 0) is 11.6 Å². The highest BCUT2D eigenvalue weighted by atomic mass is 32.2. The minimum absolute atomic E-state index is 0.0814. The van der Waals surface area contributed by atoms with E-state index in [1.165, 1.54) is 0 Å². The number of Topliss-reactive ketones (excluding diaryl/α,β-unsaturated/α-hetero) is 1. The average molecular weight is 268 g/mol. The lowest BCUT2D eigenvalue weighted by Crippen LogP contribution is -2.32. The highest BCUT2D eigenvalue weighted by molar-refractivity contribution is 7.99. The third-order valence-electron chi connectivity index (χ3n) is 3.75. The summed E-state index contributed by atoms with van der Waals surface area (Å²) in [6, 6.07) is 17.8. The molecule has 2 nitrogen and oxygen atoms in total. The van der Waals surface area contributed by atoms with Gasteiger partial charge in [-0.15, -0.1) is 11.8 Å². The number of fused-ring (bicyclic) bond motifs is 1. The number of epoxide rings is 1. The van der Waals surface area contributed by atoms with E-state index in [9.17, 15) is 4.79 Å². The molecular weight excluding hydrogens is 256 g/mol. The zero-order chi connectivity index (χ0) is 12.9. The number of benzene rings is 2. The smallest absolute Gasteiger partial charge is 0.199 e. The van der Waals surface area contributed by atoms with Crippen LogP contribution in [0.4, 0.5) is 0 Å². The van der Waals surface area contributed by atoms with Crippen molar-refractivity contribution in [2.24, 2.45) is 0 Å². The summed E-state index contributed by atoms with van der Waals surface area (Å²) in [5, 5.41) is 0. The standard InChI is InChI=1S/C16H12O2S/c17-14-12-8-4-5-9-13(12)19-10-16(14)15(18-16)11-6-2-1-3-7-11/h1-9,15H,10H2/t15-,16-/m0/s1. The highest BCUT2D eigenvalue weighted by Crippen LogP contribution is 2.56. The van der Waals surface area contributed by atoms with E-state index in [2.05, 4.69) is 0 Å². The van der Waals surface area contributed by atoms with E-state index < -0.39 is 5.60 Å². The van der Waals surface area contributed by atoms with Crippen LogP contribution in [-0.4, -0.2) is 17.1 Å². The van der Waals surface area contributed by atoms with Crippen LogP contribution in [-0.2, 0) is 4.74 Å². The first kappa shape index (κ1) is 11.3. The van der Waals surface area contributed by atoms with Crippen molar-refractivity contribution in [3.05, 3.63) is 65.7 Å². The Bertz CT molecular complexity index is 653. The predicted octanol–water partition coefficient (Wildman–Crippen LogP) is 3.49. The summed E-state index contributed by atoms with van der Waals surface area (Å²) in [4.78, 5) is 13.7. The van der Waals surface area contributed by atoms with Gasteiger partial charge < -0.3 is 4.74 Å². The molecule has 1 fully saturated rings. The van der Waals surface area contributed by atoms with Gasteiger partial charge in [0.15, 0.2) is 11.4 Å². The van der Waals surface area contributed by atoms with Crippen molar-refractivity contribution in [2.75, 3.05) is 5.75 Å². The van der Waals surface area contributed by atoms with Crippen molar-refractivity contribution in [3.63, 3.8) is 0 Å². The zero-order valence-corrected chi connectivity index (χ0v) is 11.0. The van der Waals surface area contributed by atoms with Crippen LogP contribution < -0.4 is 0 Å². The van der Waals surface area contributed by atoms with E-state index in [1.807, 2.05) is 54.6 Å². The van der Waals surface area contributed by atoms with E-state index >= 15 is 0 Å². The molecule has 2 heterocycles. The maximum Gasteiger partial charge on any atom is 0.199 e. The number of carbonyl (C=O) groups is 1. The first-order valence-corrected chi connectivity index (χ1v) is 7.29. The van der Waals surface area contributed by atoms with Gasteiger partial charge in [-0.1, -0.05) is 48.5 Å². The van der Waals surface area contributed by atoms with Gasteiger partial charge in [-0.2, -0.15) is 0 Å². The van der Waals surface area contributed by atoms with Crippen LogP contribution in [0.25, 0.3) is 0 Å². The first-order valence-electron chi connectivity index (χ1n) is 6.31. The molecule has 0 saturated carbocycles. The number of hydrogen-bond acceptors (Lipinski definition) is 3. The fourth-order valence-corrected chi connectivity index (χ4v) is 3.89. The summed E-state index contributed by atoms with van der Waals surface area (Å²) in [5.74, 6) is 0.846. The van der Waals surface area contributed by atoms with E-state index in [4.69, 9.17) is 4.74 Å². The lowest BCUT2D eigenvalue weighted by Gasteiger charge is -2.20. The second-order valence-electron chi connectivity index (χ2n) is 4.91. The molecule has 2 aromatic carbocycles. The molecule has 0 unspecified atom stereocenters. The molecule has 1 saturated heterocycles. The van der Waals surface area contributed by atoms with Gasteiger partial charge >= 0.3 is 0 Å². The number of rotatable bonds is 1. The molecule has 19 heavy (non-hydrogen) atoms. The van der Waals surface area contributed by atoms with Crippen molar-refractivity contribution < 1.29 is 9.53 Å². The number of carbonyl (C=O) groups excluding carboxylic acids is 1. The Labute approximate surface area is 115 Å². The monoisotopic (exact) mass is 268 g/mol. The Balaban J connectivity index is 1.71. The minimum atomic E-state index is -0.625. The Kier molecular flexibility index (Phi) is 2.34. The topological polar surface area (TPSA) is 29.6 Å². The molecule has 0 bridgehead atoms. The summed E-state index contributed by atoms with van der Waals surface area (Å²) >= 11 is 1.71. The molecule has 94 valence electrons. The zero-order valence-electron chi connectivity index (χ0n) is 10.2. The maximum atomic E-state index is 12.6. The first-order chi connectivity index (χ1) is 9.31. The van der Waals surface area contributed by atoms with Gasteiger partial charge in [0.2, 0.25) is 0 Å². The van der Waals surface area contributed by atoms with E-state index in [1.54, 1.807) is 11.8 Å². The van der Waals surface area contributed by atoms with Gasteiger partial charge in [-0.25, -0.2) is 0 Å². The molecule has 0 aromatic heterocycles. The van der Waals surface area contributed by atoms with E-state index in [0.717, 1.165) is 16.0 Å². The van der Waals surface area contributed by atoms with Gasteiger partial charge in [0, 0.05) is 16.2 Å². The molecule has 0 N–H and O–H groups in total. The molecular formula is C16H12O2S. The Morgan fingerprint density at radius 3 is 2.63 bits per heavy atom. The molecule has 1 spiro atoms. The van der Waals surface area contributed by atoms with Gasteiger partial charge in [0.25, 0.3) is 0 Å². The van der Waals surface area contributed by atoms with Crippen LogP contribution >= 0.6 is 11.8 Å². The lowest BCUT2D eigenvalue weighted by atomic mass is 9.92. The molecule has 2 atom stereocenters. The molecule has 2 aromatic rings. The fraction of sp³-hybridized carbons (Fsp3) is 0.188. The lowest BCUT2D eigenvalue weighted by molar-refractivity contribution is 0.0885. The molecule has 0 radical (unpaired) electrons. The summed E-state index contributed by atoms with van der Waals surface area (Å²) in [6.45, 7) is 0. The summed E-state index contributed by atoms with van der Waals surface area (Å²) in [6.07, 6.45) is -0.0814. The Morgan fingerprint density at radius 1 is 1.05 bits per heavy atom. The molecule has 0 aliphatic carbocycles. The van der Waals surface area contributed by atoms with Gasteiger partial charge in [-0.3, -0.25) is 4.79 Å². The third kappa shape index (κ3) is 1.58. The summed E-state index contributed by atoms with van der Waals surface area (Å²) in [7, 11) is 0. The van der Waals surface area contributed by atoms with E-state index in [0.29, 0.717) is 5.75 Å². The largest absolute Gasteiger partial charge is 0.351 e. The van der Waals surface area contributed by atoms with Crippen molar-refractivity contribution in [1.29, 1.82) is 0 Å². The van der Waals surface area contributed by atoms with Crippen LogP contribution in [0.15, 0.2) is 59.5 Å². The predicted molar refractivity (Wildman–Crippen MR) is 74.5 cm³/mol. The van der Waals surface area contributed by atoms with Crippen LogP contribution in [0, 0.1) is 0 Å². The molecule has 0 amide bonds. The highest BCUT2D eigenvalue weighted by Gasteiger charge is 2.64. The van der Waals surface area contributed by atoms with E-state index in [-0.39, 0.29) is 11.9 Å². The van der Waals surface area contributed by atoms with Crippen molar-refractivity contribution in [1.82, 2.24) is 0 Å². The van der Waals surface area contributed by atoms with Crippen LogP contribution in [0.1, 0.15) is 22.0 Å². The second-order valence-corrected chi connectivity index (χ2v) is 5.93. The van der Waals surface area contributed by atoms with Crippen LogP contribution in [0.3, 0.4) is 0 Å². The third-order valence-corrected chi connectivity index (χ3v) is 5.00. The Morgan fingerprint density at radius 2 is 1.79 bits per heavy atom. The maximum absolute atomic E-state index is 12.6. The Hall–Kier alpha value is -1.58. The normalized spacial score (nSPS) is 28.2. The van der Waals surface area contributed by atoms with Gasteiger partial charge in [0.05, 0.1) is 0 Å². The molecule has 2 aliphatic rings. The summed E-state index contributed by atoms with van der Waals surface area (Å²) < 4.78 is 5.83. The molecule has 4 rings (SSSR count). The van der Waals surface area contributed by atoms with Crippen molar-refractivity contribution in [3.8, 4) is 0 Å². The molecule has 2 aliphatic heterocycles. The molecule has 3 heteroatoms. The second kappa shape index (κ2) is 3.95. The number of thioether (sulfide) groups is 1.